The fraction of sp³-hybridized carbons (Fsp3) is 0.893. The van der Waals surface area contributed by atoms with E-state index in [1.165, 1.54) is 0 Å². The second-order valence-corrected chi connectivity index (χ2v) is 13.8. The van der Waals surface area contributed by atoms with Gasteiger partial charge < -0.3 is 30.6 Å². The zero-order valence-corrected chi connectivity index (χ0v) is 22.2. The van der Waals surface area contributed by atoms with E-state index in [0.29, 0.717) is 44.1 Å². The Bertz CT molecular complexity index is 890. The van der Waals surface area contributed by atoms with Crippen LogP contribution in [0.5, 0.6) is 0 Å². The molecule has 4 aliphatic carbocycles. The van der Waals surface area contributed by atoms with E-state index in [2.05, 4.69) is 0 Å². The molecule has 0 unspecified atom stereocenters. The second kappa shape index (κ2) is 8.34. The molecular weight excluding hydrogens is 448 g/mol. The first-order valence-electron chi connectivity index (χ1n) is 13.4. The van der Waals surface area contributed by atoms with Gasteiger partial charge in [-0.1, -0.05) is 20.8 Å². The highest BCUT2D eigenvalue weighted by molar-refractivity contribution is 5.95. The van der Waals surface area contributed by atoms with Gasteiger partial charge >= 0.3 is 0 Å². The number of rotatable bonds is 5. The molecule has 0 radical (unpaired) electrons. The minimum atomic E-state index is -1.49. The lowest BCUT2D eigenvalue weighted by Gasteiger charge is -2.60. The molecule has 7 nitrogen and oxygen atoms in total. The average molecular weight is 495 g/mol. The van der Waals surface area contributed by atoms with Gasteiger partial charge in [0.05, 0.1) is 35.1 Å². The molecule has 0 aliphatic heterocycles. The first-order valence-corrected chi connectivity index (χ1v) is 13.4. The molecule has 0 saturated heterocycles. The summed E-state index contributed by atoms with van der Waals surface area (Å²) in [5.74, 6) is -1.33. The number of allylic oxidation sites excluding steroid dienone is 1. The fourth-order valence-corrected chi connectivity index (χ4v) is 8.99. The van der Waals surface area contributed by atoms with E-state index in [4.69, 9.17) is 0 Å². The van der Waals surface area contributed by atoms with Crippen LogP contribution in [0.3, 0.4) is 0 Å². The zero-order valence-electron chi connectivity index (χ0n) is 22.2. The number of hydrogen-bond donors (Lipinski definition) is 6. The van der Waals surface area contributed by atoms with Crippen molar-refractivity contribution >= 4 is 5.78 Å². The number of carbonyl (C=O) groups excluding carboxylic acids is 1. The number of carbonyl (C=O) groups is 1. The van der Waals surface area contributed by atoms with Crippen molar-refractivity contribution in [3.05, 3.63) is 11.6 Å². The van der Waals surface area contributed by atoms with Crippen LogP contribution in [0.1, 0.15) is 86.5 Å². The van der Waals surface area contributed by atoms with Crippen LogP contribution >= 0.6 is 0 Å². The molecule has 0 amide bonds. The Kier molecular flexibility index (Phi) is 6.48. The smallest absolute Gasteiger partial charge is 0.159 e. The quantitative estimate of drug-likeness (QED) is 0.344. The molecular formula is C28H46O7. The van der Waals surface area contributed by atoms with Gasteiger partial charge in [-0.05, 0) is 101 Å². The lowest BCUT2D eigenvalue weighted by Crippen LogP contribution is -2.63. The standard InChI is InChI=1S/C28H46O7/c1-15(13-24(2,3)33)23(32)27(6,34)22-8-10-28(35)17-11-19(29)18-12-20(30)21(31)14-25(18,4)16(17)7-9-26(22,28)5/h11,15-16,18,20-23,30-35H,7-10,12-14H2,1-6H3/t15-,16+,18+,20+,21-,22+,23+,25-,26-,27-,28-/m1/s1. The van der Waals surface area contributed by atoms with Crippen molar-refractivity contribution in [1.82, 2.24) is 0 Å². The molecule has 4 rings (SSSR count). The maximum atomic E-state index is 13.3. The van der Waals surface area contributed by atoms with Crippen LogP contribution in [-0.2, 0) is 4.79 Å². The van der Waals surface area contributed by atoms with Crippen LogP contribution in [0.4, 0.5) is 0 Å². The van der Waals surface area contributed by atoms with Gasteiger partial charge in [0.1, 0.15) is 0 Å². The van der Waals surface area contributed by atoms with Crippen molar-refractivity contribution < 1.29 is 35.4 Å². The monoisotopic (exact) mass is 494 g/mol. The summed E-state index contributed by atoms with van der Waals surface area (Å²) < 4.78 is 0. The molecule has 0 bridgehead atoms. The van der Waals surface area contributed by atoms with E-state index < -0.39 is 51.9 Å². The van der Waals surface area contributed by atoms with E-state index in [9.17, 15) is 35.4 Å². The van der Waals surface area contributed by atoms with Gasteiger partial charge in [-0.25, -0.2) is 0 Å². The van der Waals surface area contributed by atoms with Crippen LogP contribution < -0.4 is 0 Å². The predicted octanol–water partition coefficient (Wildman–Crippen LogP) is 2.10. The zero-order chi connectivity index (χ0) is 26.4. The third kappa shape index (κ3) is 3.96. The van der Waals surface area contributed by atoms with Crippen LogP contribution in [0, 0.1) is 34.5 Å². The van der Waals surface area contributed by atoms with Crippen molar-refractivity contribution in [1.29, 1.82) is 0 Å². The number of hydrogen-bond acceptors (Lipinski definition) is 7. The largest absolute Gasteiger partial charge is 0.390 e. The Morgan fingerprint density at radius 1 is 1.06 bits per heavy atom. The highest BCUT2D eigenvalue weighted by atomic mass is 16.3. The van der Waals surface area contributed by atoms with Gasteiger partial charge in [0.15, 0.2) is 5.78 Å². The predicted molar refractivity (Wildman–Crippen MR) is 131 cm³/mol. The summed E-state index contributed by atoms with van der Waals surface area (Å²) in [5.41, 5.74) is -4.35. The van der Waals surface area contributed by atoms with Crippen LogP contribution in [0.25, 0.3) is 0 Å². The highest BCUT2D eigenvalue weighted by Crippen LogP contribution is 2.68. The van der Waals surface area contributed by atoms with Crippen LogP contribution in [0.2, 0.25) is 0 Å². The summed E-state index contributed by atoms with van der Waals surface area (Å²) in [7, 11) is 0. The minimum absolute atomic E-state index is 0.0897. The molecule has 0 heterocycles. The Morgan fingerprint density at radius 3 is 2.29 bits per heavy atom. The Hall–Kier alpha value is -0.830. The molecule has 0 aromatic rings. The summed E-state index contributed by atoms with van der Waals surface area (Å²) >= 11 is 0. The summed E-state index contributed by atoms with van der Waals surface area (Å²) in [4.78, 5) is 13.3. The molecule has 3 saturated carbocycles. The van der Waals surface area contributed by atoms with Gasteiger partial charge in [0.2, 0.25) is 0 Å². The lowest BCUT2D eigenvalue weighted by atomic mass is 9.45. The normalized spacial score (nSPS) is 47.1. The first-order chi connectivity index (χ1) is 15.9. The number of fused-ring (bicyclic) bond motifs is 5. The molecule has 7 heteroatoms. The van der Waals surface area contributed by atoms with Crippen LogP contribution in [0.15, 0.2) is 11.6 Å². The molecule has 35 heavy (non-hydrogen) atoms. The van der Waals surface area contributed by atoms with Crippen molar-refractivity contribution in [3.63, 3.8) is 0 Å². The van der Waals surface area contributed by atoms with Crippen molar-refractivity contribution in [2.45, 2.75) is 122 Å². The van der Waals surface area contributed by atoms with Crippen LogP contribution in [-0.4, -0.2) is 71.5 Å². The summed E-state index contributed by atoms with van der Waals surface area (Å²) in [5, 5.41) is 66.2. The third-order valence-electron chi connectivity index (χ3n) is 10.8. The molecule has 0 spiro atoms. The second-order valence-electron chi connectivity index (χ2n) is 13.8. The average Bonchev–Trinajstić information content (AvgIpc) is 3.00. The lowest BCUT2D eigenvalue weighted by molar-refractivity contribution is -0.184. The molecule has 11 atom stereocenters. The molecule has 0 aromatic carbocycles. The van der Waals surface area contributed by atoms with E-state index in [1.54, 1.807) is 26.8 Å². The highest BCUT2D eigenvalue weighted by Gasteiger charge is 2.69. The van der Waals surface area contributed by atoms with E-state index in [1.807, 2.05) is 20.8 Å². The summed E-state index contributed by atoms with van der Waals surface area (Å²) in [6.45, 7) is 10.8. The Labute approximate surface area is 209 Å². The molecule has 0 aromatic heterocycles. The fourth-order valence-electron chi connectivity index (χ4n) is 8.99. The van der Waals surface area contributed by atoms with Gasteiger partial charge in [-0.2, -0.15) is 0 Å². The topological polar surface area (TPSA) is 138 Å². The van der Waals surface area contributed by atoms with Crippen molar-refractivity contribution in [2.24, 2.45) is 34.5 Å². The van der Waals surface area contributed by atoms with Crippen molar-refractivity contribution in [2.75, 3.05) is 0 Å². The third-order valence-corrected chi connectivity index (χ3v) is 10.8. The Balaban J connectivity index is 1.68. The summed E-state index contributed by atoms with van der Waals surface area (Å²) in [6, 6.07) is 0. The molecule has 6 N–H and O–H groups in total. The van der Waals surface area contributed by atoms with Gasteiger partial charge in [0, 0.05) is 11.3 Å². The number of aliphatic hydroxyl groups excluding tert-OH is 3. The first kappa shape index (κ1) is 27.2. The molecule has 4 aliphatic rings. The molecule has 3 fully saturated rings. The van der Waals surface area contributed by atoms with Crippen molar-refractivity contribution in [3.8, 4) is 0 Å². The number of ketones is 1. The van der Waals surface area contributed by atoms with E-state index >= 15 is 0 Å². The minimum Gasteiger partial charge on any atom is -0.390 e. The summed E-state index contributed by atoms with van der Waals surface area (Å²) in [6.07, 6.45) is 1.79. The Morgan fingerprint density at radius 2 is 1.69 bits per heavy atom. The maximum Gasteiger partial charge on any atom is 0.159 e. The molecule has 200 valence electrons. The SMILES string of the molecule is C[C@H](CC(C)(C)O)[C@H](O)[C@](C)(O)[C@H]1CC[C@@]2(O)C3=CC(=O)[C@@H]4C[C@H](O)[C@H](O)C[C@]4(C)[C@H]3CC[C@]12C. The van der Waals surface area contributed by atoms with Gasteiger partial charge in [-0.15, -0.1) is 0 Å². The van der Waals surface area contributed by atoms with Gasteiger partial charge in [0.25, 0.3) is 0 Å². The maximum absolute atomic E-state index is 13.3. The van der Waals surface area contributed by atoms with E-state index in [-0.39, 0.29) is 30.0 Å². The van der Waals surface area contributed by atoms with E-state index in [0.717, 1.165) is 0 Å². The number of aliphatic hydroxyl groups is 6. The van der Waals surface area contributed by atoms with Gasteiger partial charge in [-0.3, -0.25) is 4.79 Å².